The fraction of sp³-hybridized carbons (Fsp3) is 0.270. The number of urea groups is 1. The molecule has 1 heterocycles. The van der Waals surface area contributed by atoms with Crippen molar-refractivity contribution in [1.82, 2.24) is 4.90 Å². The van der Waals surface area contributed by atoms with E-state index in [-0.39, 0.29) is 18.7 Å². The van der Waals surface area contributed by atoms with Crippen LogP contribution in [0.3, 0.4) is 0 Å². The van der Waals surface area contributed by atoms with Gasteiger partial charge in [0, 0.05) is 17.1 Å². The lowest BCUT2D eigenvalue weighted by molar-refractivity contribution is -0.119. The van der Waals surface area contributed by atoms with Crippen LogP contribution in [0.2, 0.25) is 5.02 Å². The first kappa shape index (κ1) is 32.2. The number of aliphatic hydroxyl groups is 1. The predicted octanol–water partition coefficient (Wildman–Crippen LogP) is 6.88. The minimum absolute atomic E-state index is 0.0987. The van der Waals surface area contributed by atoms with E-state index in [0.29, 0.717) is 39.7 Å². The fourth-order valence-electron chi connectivity index (χ4n) is 6.29. The lowest BCUT2D eigenvalue weighted by atomic mass is 9.79. The molecule has 2 fully saturated rings. The summed E-state index contributed by atoms with van der Waals surface area (Å²) in [7, 11) is 0. The summed E-state index contributed by atoms with van der Waals surface area (Å²) >= 11 is 6.00. The van der Waals surface area contributed by atoms with Crippen LogP contribution in [-0.4, -0.2) is 34.5 Å². The maximum atomic E-state index is 15.4. The van der Waals surface area contributed by atoms with Crippen molar-refractivity contribution in [3.63, 3.8) is 0 Å². The van der Waals surface area contributed by atoms with Gasteiger partial charge < -0.3 is 26.4 Å². The summed E-state index contributed by atoms with van der Waals surface area (Å²) in [5.74, 6) is -0.760. The number of nitriles is 1. The Bertz CT molecular complexity index is 1830. The smallest absolute Gasteiger partial charge is 0.322 e. The van der Waals surface area contributed by atoms with E-state index in [1.54, 1.807) is 72.8 Å². The monoisotopic (exact) mass is 651 g/mol. The average Bonchev–Trinajstić information content (AvgIpc) is 3.85. The minimum Gasteiger partial charge on any atom is -0.383 e. The van der Waals surface area contributed by atoms with E-state index in [4.69, 9.17) is 17.3 Å². The number of hydrogen-bond acceptors (Lipinski definition) is 5. The number of β-amino-alcohol motifs (C(OH)–C–C–N with tert-alkyl or cyclic N) is 1. The van der Waals surface area contributed by atoms with E-state index in [1.807, 2.05) is 12.1 Å². The van der Waals surface area contributed by atoms with Crippen molar-refractivity contribution >= 4 is 34.9 Å². The van der Waals surface area contributed by atoms with Gasteiger partial charge in [-0.2, -0.15) is 5.26 Å². The van der Waals surface area contributed by atoms with E-state index < -0.39 is 34.9 Å². The van der Waals surface area contributed by atoms with Crippen molar-refractivity contribution < 1.29 is 19.1 Å². The first-order chi connectivity index (χ1) is 22.6. The molecular formula is C37H35ClFN5O3. The third-order valence-corrected chi connectivity index (χ3v) is 9.45. The average molecular weight is 652 g/mol. The molecule has 3 atom stereocenters. The van der Waals surface area contributed by atoms with Gasteiger partial charge in [-0.3, -0.25) is 4.79 Å². The van der Waals surface area contributed by atoms with Crippen molar-refractivity contribution in [1.29, 1.82) is 5.26 Å². The molecule has 4 aromatic carbocycles. The quantitative estimate of drug-likeness (QED) is 0.157. The van der Waals surface area contributed by atoms with Crippen molar-refractivity contribution in [2.24, 2.45) is 11.7 Å². The molecule has 0 radical (unpaired) electrons. The number of halogens is 2. The molecule has 6 rings (SSSR count). The largest absolute Gasteiger partial charge is 0.383 e. The second kappa shape index (κ2) is 13.2. The van der Waals surface area contributed by atoms with Crippen LogP contribution in [0.5, 0.6) is 0 Å². The van der Waals surface area contributed by atoms with Gasteiger partial charge in [-0.1, -0.05) is 73.0 Å². The topological polar surface area (TPSA) is 131 Å². The molecule has 1 aliphatic heterocycles. The van der Waals surface area contributed by atoms with E-state index in [0.717, 1.165) is 24.8 Å². The lowest BCUT2D eigenvalue weighted by Crippen LogP contribution is -2.45. The highest BCUT2D eigenvalue weighted by Crippen LogP contribution is 2.41. The number of anilines is 2. The highest BCUT2D eigenvalue weighted by molar-refractivity contribution is 6.30. The SMILES string of the molecule is N#Cc1cccc(C(N)(CCC2CC2)c2ccc(F)c(NC(=O)[C@H]3C[C@](O)(c4ccccc4)CN3C(=O)Nc3ccc(Cl)cc3)c2)c1. The van der Waals surface area contributed by atoms with Crippen LogP contribution in [0, 0.1) is 23.1 Å². The number of carbonyl (C=O) groups is 2. The van der Waals surface area contributed by atoms with E-state index in [1.165, 1.54) is 17.0 Å². The number of amides is 3. The molecular weight excluding hydrogens is 617 g/mol. The molecule has 240 valence electrons. The summed E-state index contributed by atoms with van der Waals surface area (Å²) in [5, 5.41) is 27.2. The highest BCUT2D eigenvalue weighted by Gasteiger charge is 2.49. The van der Waals surface area contributed by atoms with Crippen LogP contribution in [0.25, 0.3) is 0 Å². The number of nitrogens with two attached hydrogens (primary N) is 1. The molecule has 3 amide bonds. The second-order valence-electron chi connectivity index (χ2n) is 12.5. The maximum absolute atomic E-state index is 15.4. The van der Waals surface area contributed by atoms with Crippen LogP contribution in [-0.2, 0) is 15.9 Å². The van der Waals surface area contributed by atoms with Crippen LogP contribution in [0.4, 0.5) is 20.6 Å². The molecule has 1 aliphatic carbocycles. The summed E-state index contributed by atoms with van der Waals surface area (Å²) in [6.07, 6.45) is 3.60. The molecule has 10 heteroatoms. The minimum atomic E-state index is -1.53. The van der Waals surface area contributed by atoms with Gasteiger partial charge in [0.1, 0.15) is 17.5 Å². The summed E-state index contributed by atoms with van der Waals surface area (Å²) < 4.78 is 15.4. The van der Waals surface area contributed by atoms with Gasteiger partial charge in [-0.05, 0) is 84.0 Å². The number of nitrogens with one attached hydrogen (secondary N) is 2. The Morgan fingerprint density at radius 3 is 2.43 bits per heavy atom. The summed E-state index contributed by atoms with van der Waals surface area (Å²) in [5.41, 5.74) is 7.20. The molecule has 8 nitrogen and oxygen atoms in total. The number of carbonyl (C=O) groups excluding carboxylic acids is 2. The van der Waals surface area contributed by atoms with Gasteiger partial charge in [-0.25, -0.2) is 9.18 Å². The molecule has 4 aromatic rings. The van der Waals surface area contributed by atoms with Gasteiger partial charge in [0.05, 0.1) is 29.4 Å². The Balaban J connectivity index is 1.30. The van der Waals surface area contributed by atoms with Gasteiger partial charge in [0.15, 0.2) is 0 Å². The Morgan fingerprint density at radius 2 is 1.72 bits per heavy atom. The van der Waals surface area contributed by atoms with Crippen LogP contribution < -0.4 is 16.4 Å². The van der Waals surface area contributed by atoms with E-state index in [2.05, 4.69) is 16.7 Å². The van der Waals surface area contributed by atoms with Gasteiger partial charge in [-0.15, -0.1) is 0 Å². The Morgan fingerprint density at radius 1 is 1.00 bits per heavy atom. The number of hydrogen-bond donors (Lipinski definition) is 4. The third-order valence-electron chi connectivity index (χ3n) is 9.20. The summed E-state index contributed by atoms with van der Waals surface area (Å²) in [6, 6.07) is 27.2. The maximum Gasteiger partial charge on any atom is 0.322 e. The molecule has 1 saturated heterocycles. The van der Waals surface area contributed by atoms with Crippen molar-refractivity contribution in [3.8, 4) is 6.07 Å². The standard InChI is InChI=1S/C37H35ClFN5O3/c38-29-12-14-30(15-13-29)42-35(46)44-23-36(47,26-6-2-1-3-7-26)21-33(44)34(45)43-32-20-28(11-16-31(32)39)37(41,18-17-24-9-10-24)27-8-4-5-25(19-27)22-40/h1-8,11-16,19-20,24,33,47H,9-10,17-18,21,23,41H2,(H,42,46)(H,43,45)/t33-,36-,37?/m1/s1. The molecule has 5 N–H and O–H groups in total. The molecule has 1 unspecified atom stereocenters. The van der Waals surface area contributed by atoms with Gasteiger partial charge in [0.25, 0.3) is 0 Å². The Kier molecular flexibility index (Phi) is 9.02. The normalized spacial score (nSPS) is 20.2. The molecule has 47 heavy (non-hydrogen) atoms. The molecule has 0 bridgehead atoms. The van der Waals surface area contributed by atoms with E-state index in [9.17, 15) is 20.0 Å². The zero-order chi connectivity index (χ0) is 33.2. The molecule has 1 saturated carbocycles. The van der Waals surface area contributed by atoms with Crippen LogP contribution in [0.15, 0.2) is 97.1 Å². The van der Waals surface area contributed by atoms with Gasteiger partial charge in [0.2, 0.25) is 5.91 Å². The number of likely N-dealkylation sites (tertiary alicyclic amines) is 1. The number of benzene rings is 4. The van der Waals surface area contributed by atoms with Gasteiger partial charge >= 0.3 is 6.03 Å². The van der Waals surface area contributed by atoms with E-state index >= 15 is 4.39 Å². The number of rotatable bonds is 9. The molecule has 2 aliphatic rings. The van der Waals surface area contributed by atoms with Crippen molar-refractivity contribution in [2.45, 2.75) is 49.3 Å². The number of nitrogens with zero attached hydrogens (tertiary/aromatic N) is 2. The van der Waals surface area contributed by atoms with Crippen LogP contribution >= 0.6 is 11.6 Å². The molecule has 0 spiro atoms. The first-order valence-corrected chi connectivity index (χ1v) is 16.0. The summed E-state index contributed by atoms with van der Waals surface area (Å²) in [6.45, 7) is -0.167. The predicted molar refractivity (Wildman–Crippen MR) is 179 cm³/mol. The zero-order valence-electron chi connectivity index (χ0n) is 25.6. The highest BCUT2D eigenvalue weighted by atomic mass is 35.5. The van der Waals surface area contributed by atoms with Crippen molar-refractivity contribution in [3.05, 3.63) is 130 Å². The first-order valence-electron chi connectivity index (χ1n) is 15.6. The lowest BCUT2D eigenvalue weighted by Gasteiger charge is -2.32. The van der Waals surface area contributed by atoms with Crippen molar-refractivity contribution in [2.75, 3.05) is 17.2 Å². The zero-order valence-corrected chi connectivity index (χ0v) is 26.4. The summed E-state index contributed by atoms with van der Waals surface area (Å²) in [4.78, 5) is 28.8. The van der Waals surface area contributed by atoms with Crippen LogP contribution in [0.1, 0.15) is 54.4 Å². The third kappa shape index (κ3) is 7.00. The Hall–Kier alpha value is -4.75. The Labute approximate surface area is 278 Å². The molecule has 0 aromatic heterocycles. The fourth-order valence-corrected chi connectivity index (χ4v) is 6.42. The second-order valence-corrected chi connectivity index (χ2v) is 12.9.